The first-order chi connectivity index (χ1) is 16.0. The van der Waals surface area contributed by atoms with E-state index < -0.39 is 0 Å². The molecular formula is C28H28N2O3. The lowest BCUT2D eigenvalue weighted by atomic mass is 9.89. The third-order valence-electron chi connectivity index (χ3n) is 6.02. The van der Waals surface area contributed by atoms with Crippen molar-refractivity contribution in [3.63, 3.8) is 0 Å². The Labute approximate surface area is 194 Å². The molecule has 1 heterocycles. The van der Waals surface area contributed by atoms with Crippen LogP contribution in [0.25, 0.3) is 6.08 Å². The molecule has 0 aromatic heterocycles. The number of anilines is 2. The lowest BCUT2D eigenvalue weighted by Crippen LogP contribution is -2.47. The number of hydrogen-bond acceptors (Lipinski definition) is 3. The molecule has 3 aromatic carbocycles. The summed E-state index contributed by atoms with van der Waals surface area (Å²) in [5, 5.41) is 0. The van der Waals surface area contributed by atoms with E-state index in [-0.39, 0.29) is 23.9 Å². The van der Waals surface area contributed by atoms with Crippen molar-refractivity contribution in [2.75, 3.05) is 16.9 Å². The first-order valence-corrected chi connectivity index (χ1v) is 11.1. The SMILES string of the molecule is COc1ccc(/C=C/C(=O)N2c3ccccc3[C@H](N(C(C)=O)c3ccccc3)C[C@H]2C)cc1. The van der Waals surface area contributed by atoms with Crippen LogP contribution in [0.3, 0.4) is 0 Å². The minimum atomic E-state index is -0.147. The van der Waals surface area contributed by atoms with E-state index in [1.165, 1.54) is 0 Å². The second kappa shape index (κ2) is 9.74. The summed E-state index contributed by atoms with van der Waals surface area (Å²) in [6.45, 7) is 3.63. The maximum Gasteiger partial charge on any atom is 0.251 e. The minimum absolute atomic E-state index is 0.0209. The number of fused-ring (bicyclic) bond motifs is 1. The molecule has 0 radical (unpaired) electrons. The van der Waals surface area contributed by atoms with E-state index >= 15 is 0 Å². The molecule has 1 aliphatic rings. The molecule has 0 unspecified atom stereocenters. The van der Waals surface area contributed by atoms with Crippen LogP contribution in [-0.4, -0.2) is 25.0 Å². The minimum Gasteiger partial charge on any atom is -0.497 e. The lowest BCUT2D eigenvalue weighted by molar-refractivity contribution is -0.117. The van der Waals surface area contributed by atoms with Crippen LogP contribution in [0.2, 0.25) is 0 Å². The molecule has 2 amide bonds. The largest absolute Gasteiger partial charge is 0.497 e. The van der Waals surface area contributed by atoms with E-state index in [9.17, 15) is 9.59 Å². The van der Waals surface area contributed by atoms with Gasteiger partial charge in [-0.15, -0.1) is 0 Å². The van der Waals surface area contributed by atoms with Gasteiger partial charge in [-0.1, -0.05) is 48.5 Å². The van der Waals surface area contributed by atoms with Crippen LogP contribution < -0.4 is 14.5 Å². The molecule has 0 saturated carbocycles. The van der Waals surface area contributed by atoms with Gasteiger partial charge in [0.05, 0.1) is 13.2 Å². The fourth-order valence-electron chi connectivity index (χ4n) is 4.49. The van der Waals surface area contributed by atoms with E-state index in [0.717, 1.165) is 28.3 Å². The highest BCUT2D eigenvalue weighted by Gasteiger charge is 2.37. The number of benzene rings is 3. The van der Waals surface area contributed by atoms with Gasteiger partial charge in [-0.3, -0.25) is 9.59 Å². The van der Waals surface area contributed by atoms with E-state index in [4.69, 9.17) is 4.74 Å². The normalized spacial score (nSPS) is 17.5. The van der Waals surface area contributed by atoms with Crippen LogP contribution in [0.4, 0.5) is 11.4 Å². The van der Waals surface area contributed by atoms with Gasteiger partial charge in [0.1, 0.15) is 5.75 Å². The Morgan fingerprint density at radius 2 is 1.64 bits per heavy atom. The number of carbonyl (C=O) groups is 2. The Kier molecular flexibility index (Phi) is 6.59. The summed E-state index contributed by atoms with van der Waals surface area (Å²) in [4.78, 5) is 29.7. The van der Waals surface area contributed by atoms with Gasteiger partial charge in [0.15, 0.2) is 0 Å². The predicted molar refractivity (Wildman–Crippen MR) is 132 cm³/mol. The van der Waals surface area contributed by atoms with Crippen molar-refractivity contribution in [2.24, 2.45) is 0 Å². The van der Waals surface area contributed by atoms with Gasteiger partial charge in [-0.05, 0) is 60.9 Å². The van der Waals surface area contributed by atoms with Crippen molar-refractivity contribution in [2.45, 2.75) is 32.4 Å². The Hall–Kier alpha value is -3.86. The molecule has 0 fully saturated rings. The fraction of sp³-hybridized carbons (Fsp3) is 0.214. The van der Waals surface area contributed by atoms with Crippen molar-refractivity contribution in [1.82, 2.24) is 0 Å². The standard InChI is InChI=1S/C28H28N2O3/c1-20-19-27(30(21(2)31)23-9-5-4-6-10-23)25-11-7-8-12-26(25)29(20)28(32)18-15-22-13-16-24(33-3)17-14-22/h4-18,20,27H,19H2,1-3H3/b18-15+/t20-,27-/m1/s1. The topological polar surface area (TPSA) is 49.9 Å². The zero-order valence-corrected chi connectivity index (χ0v) is 19.1. The molecule has 0 aliphatic carbocycles. The van der Waals surface area contributed by atoms with Crippen molar-refractivity contribution in [3.8, 4) is 5.75 Å². The molecule has 4 rings (SSSR count). The van der Waals surface area contributed by atoms with E-state index in [2.05, 4.69) is 0 Å². The first kappa shape index (κ1) is 22.3. The molecule has 3 aromatic rings. The zero-order valence-electron chi connectivity index (χ0n) is 19.1. The van der Waals surface area contributed by atoms with Gasteiger partial charge in [0, 0.05) is 30.4 Å². The van der Waals surface area contributed by atoms with Gasteiger partial charge in [-0.2, -0.15) is 0 Å². The Morgan fingerprint density at radius 3 is 2.30 bits per heavy atom. The van der Waals surface area contributed by atoms with Crippen LogP contribution >= 0.6 is 0 Å². The molecule has 0 N–H and O–H groups in total. The van der Waals surface area contributed by atoms with Crippen LogP contribution in [0, 0.1) is 0 Å². The maximum absolute atomic E-state index is 13.3. The summed E-state index contributed by atoms with van der Waals surface area (Å²) in [5.41, 5.74) is 3.59. The highest BCUT2D eigenvalue weighted by Crippen LogP contribution is 2.42. The summed E-state index contributed by atoms with van der Waals surface area (Å²) >= 11 is 0. The molecule has 33 heavy (non-hydrogen) atoms. The maximum atomic E-state index is 13.3. The van der Waals surface area contributed by atoms with Crippen LogP contribution in [0.5, 0.6) is 5.75 Å². The van der Waals surface area contributed by atoms with Gasteiger partial charge in [-0.25, -0.2) is 0 Å². The Balaban J connectivity index is 1.66. The third kappa shape index (κ3) is 4.67. The fourth-order valence-corrected chi connectivity index (χ4v) is 4.49. The first-order valence-electron chi connectivity index (χ1n) is 11.1. The number of carbonyl (C=O) groups excluding carboxylic acids is 2. The molecule has 5 nitrogen and oxygen atoms in total. The molecule has 0 spiro atoms. The quantitative estimate of drug-likeness (QED) is 0.483. The number of amides is 2. The van der Waals surface area contributed by atoms with Crippen molar-refractivity contribution >= 4 is 29.3 Å². The van der Waals surface area contributed by atoms with Crippen LogP contribution in [-0.2, 0) is 9.59 Å². The number of ether oxygens (including phenoxy) is 1. The summed E-state index contributed by atoms with van der Waals surface area (Å²) < 4.78 is 5.19. The number of para-hydroxylation sites is 2. The molecule has 1 aliphatic heterocycles. The zero-order chi connectivity index (χ0) is 23.4. The average Bonchev–Trinajstić information content (AvgIpc) is 2.83. The van der Waals surface area contributed by atoms with Gasteiger partial charge in [0.2, 0.25) is 5.91 Å². The van der Waals surface area contributed by atoms with Gasteiger partial charge in [0.25, 0.3) is 5.91 Å². The van der Waals surface area contributed by atoms with Gasteiger partial charge >= 0.3 is 0 Å². The van der Waals surface area contributed by atoms with E-state index in [1.807, 2.05) is 102 Å². The van der Waals surface area contributed by atoms with Crippen LogP contribution in [0.15, 0.2) is 84.9 Å². The van der Waals surface area contributed by atoms with E-state index in [0.29, 0.717) is 6.42 Å². The number of hydrogen-bond donors (Lipinski definition) is 0. The van der Waals surface area contributed by atoms with Gasteiger partial charge < -0.3 is 14.5 Å². The number of nitrogens with zero attached hydrogens (tertiary/aromatic N) is 2. The lowest BCUT2D eigenvalue weighted by Gasteiger charge is -2.43. The van der Waals surface area contributed by atoms with Crippen molar-refractivity contribution in [1.29, 1.82) is 0 Å². The smallest absolute Gasteiger partial charge is 0.251 e. The van der Waals surface area contributed by atoms with Crippen LogP contribution in [0.1, 0.15) is 37.4 Å². The van der Waals surface area contributed by atoms with Crippen molar-refractivity contribution in [3.05, 3.63) is 96.1 Å². The monoisotopic (exact) mass is 440 g/mol. The summed E-state index contributed by atoms with van der Waals surface area (Å²) in [6, 6.07) is 24.9. The second-order valence-electron chi connectivity index (χ2n) is 8.20. The molecule has 168 valence electrons. The highest BCUT2D eigenvalue weighted by molar-refractivity contribution is 6.05. The highest BCUT2D eigenvalue weighted by atomic mass is 16.5. The van der Waals surface area contributed by atoms with E-state index in [1.54, 1.807) is 20.1 Å². The predicted octanol–water partition coefficient (Wildman–Crippen LogP) is 5.63. The summed E-state index contributed by atoms with van der Waals surface area (Å²) in [6.07, 6.45) is 4.07. The second-order valence-corrected chi connectivity index (χ2v) is 8.20. The molecule has 0 saturated heterocycles. The third-order valence-corrected chi connectivity index (χ3v) is 6.02. The molecule has 0 bridgehead atoms. The number of rotatable bonds is 5. The Morgan fingerprint density at radius 1 is 0.970 bits per heavy atom. The summed E-state index contributed by atoms with van der Waals surface area (Å²) in [5.74, 6) is 0.669. The average molecular weight is 441 g/mol. The van der Waals surface area contributed by atoms with Crippen molar-refractivity contribution < 1.29 is 14.3 Å². The number of methoxy groups -OCH3 is 1. The summed E-state index contributed by atoms with van der Waals surface area (Å²) in [7, 11) is 1.63. The Bertz CT molecular complexity index is 1160. The molecule has 2 atom stereocenters. The molecule has 5 heteroatoms. The molecular weight excluding hydrogens is 412 g/mol.